The molecule has 1 fully saturated rings. The van der Waals surface area contributed by atoms with Crippen molar-refractivity contribution in [2.75, 3.05) is 12.3 Å². The van der Waals surface area contributed by atoms with E-state index in [0.29, 0.717) is 11.7 Å². The molecule has 0 radical (unpaired) electrons. The minimum Gasteiger partial charge on any atom is -0.397 e. The van der Waals surface area contributed by atoms with Gasteiger partial charge in [-0.15, -0.1) is 11.3 Å². The molecule has 2 aromatic rings. The van der Waals surface area contributed by atoms with Gasteiger partial charge < -0.3 is 10.6 Å². The first-order valence-corrected chi connectivity index (χ1v) is 8.53. The summed E-state index contributed by atoms with van der Waals surface area (Å²) in [5.74, 6) is 0.123. The Morgan fingerprint density at radius 2 is 2.24 bits per heavy atom. The molecule has 1 aliphatic heterocycles. The standard InChI is InChI=1S/C17H22N2OS/c1-3-12-6-4-5-9-19(12)17(20)16-15(18)13-10-11(2)7-8-14(13)21-16/h7-8,10,12H,3-6,9,18H2,1-2H3. The third-order valence-electron chi connectivity index (χ3n) is 4.44. The number of carbonyl (C=O) groups is 1. The molecule has 1 amide bonds. The molecule has 0 aliphatic carbocycles. The number of fused-ring (bicyclic) bond motifs is 1. The van der Waals surface area contributed by atoms with Crippen molar-refractivity contribution in [2.45, 2.75) is 45.6 Å². The quantitative estimate of drug-likeness (QED) is 0.904. The highest BCUT2D eigenvalue weighted by Gasteiger charge is 2.28. The van der Waals surface area contributed by atoms with Gasteiger partial charge in [0, 0.05) is 22.7 Å². The third-order valence-corrected chi connectivity index (χ3v) is 5.61. The SMILES string of the molecule is CCC1CCCCN1C(=O)c1sc2ccc(C)cc2c1N. The number of carbonyl (C=O) groups excluding carboxylic acids is 1. The normalized spacial score (nSPS) is 19.1. The second-order valence-corrected chi connectivity index (χ2v) is 6.95. The smallest absolute Gasteiger partial charge is 0.266 e. The van der Waals surface area contributed by atoms with Gasteiger partial charge in [0.1, 0.15) is 4.88 Å². The van der Waals surface area contributed by atoms with Crippen molar-refractivity contribution in [3.8, 4) is 0 Å². The molecule has 21 heavy (non-hydrogen) atoms. The third kappa shape index (κ3) is 2.53. The molecule has 0 saturated carbocycles. The van der Waals surface area contributed by atoms with Gasteiger partial charge in [-0.2, -0.15) is 0 Å². The summed E-state index contributed by atoms with van der Waals surface area (Å²) in [5, 5.41) is 1.02. The Bertz CT molecular complexity index is 677. The number of hydrogen-bond acceptors (Lipinski definition) is 3. The molecule has 3 nitrogen and oxygen atoms in total. The number of likely N-dealkylation sites (tertiary alicyclic amines) is 1. The van der Waals surface area contributed by atoms with Crippen LogP contribution < -0.4 is 5.73 Å². The van der Waals surface area contributed by atoms with Gasteiger partial charge in [-0.25, -0.2) is 0 Å². The monoisotopic (exact) mass is 302 g/mol. The number of piperidine rings is 1. The number of aryl methyl sites for hydroxylation is 1. The molecule has 1 aromatic heterocycles. The number of nitrogens with zero attached hydrogens (tertiary/aromatic N) is 1. The topological polar surface area (TPSA) is 46.3 Å². The van der Waals surface area contributed by atoms with E-state index in [0.717, 1.165) is 40.8 Å². The van der Waals surface area contributed by atoms with Gasteiger partial charge in [-0.3, -0.25) is 4.79 Å². The lowest BCUT2D eigenvalue weighted by molar-refractivity contribution is 0.0614. The number of thiophene rings is 1. The highest BCUT2D eigenvalue weighted by molar-refractivity contribution is 7.21. The molecule has 2 N–H and O–H groups in total. The van der Waals surface area contributed by atoms with Crippen LogP contribution >= 0.6 is 11.3 Å². The average molecular weight is 302 g/mol. The predicted molar refractivity (Wildman–Crippen MR) is 89.9 cm³/mol. The number of rotatable bonds is 2. The van der Waals surface area contributed by atoms with Crippen LogP contribution in [-0.4, -0.2) is 23.4 Å². The molecule has 2 heterocycles. The van der Waals surface area contributed by atoms with Gasteiger partial charge in [-0.05, 0) is 44.7 Å². The van der Waals surface area contributed by atoms with Gasteiger partial charge in [0.15, 0.2) is 0 Å². The first kappa shape index (κ1) is 14.4. The van der Waals surface area contributed by atoms with E-state index in [1.165, 1.54) is 23.3 Å². The van der Waals surface area contributed by atoms with Crippen LogP contribution in [0.1, 0.15) is 47.8 Å². The van der Waals surface area contributed by atoms with Gasteiger partial charge in [0.05, 0.1) is 5.69 Å². The second kappa shape index (κ2) is 5.68. The highest BCUT2D eigenvalue weighted by Crippen LogP contribution is 2.36. The minimum atomic E-state index is 0.123. The van der Waals surface area contributed by atoms with Crippen molar-refractivity contribution in [2.24, 2.45) is 0 Å². The van der Waals surface area contributed by atoms with Crippen molar-refractivity contribution in [1.82, 2.24) is 4.90 Å². The van der Waals surface area contributed by atoms with Crippen molar-refractivity contribution >= 4 is 33.0 Å². The first-order chi connectivity index (χ1) is 10.1. The van der Waals surface area contributed by atoms with Gasteiger partial charge in [0.25, 0.3) is 5.91 Å². The molecule has 0 spiro atoms. The van der Waals surface area contributed by atoms with E-state index in [-0.39, 0.29) is 5.91 Å². The fraction of sp³-hybridized carbons (Fsp3) is 0.471. The van der Waals surface area contributed by atoms with Crippen LogP contribution in [0.3, 0.4) is 0 Å². The summed E-state index contributed by atoms with van der Waals surface area (Å²) in [7, 11) is 0. The van der Waals surface area contributed by atoms with E-state index in [1.54, 1.807) is 0 Å². The fourth-order valence-corrected chi connectivity index (χ4v) is 4.27. The van der Waals surface area contributed by atoms with E-state index >= 15 is 0 Å². The zero-order valence-corrected chi connectivity index (χ0v) is 13.5. The maximum atomic E-state index is 12.9. The molecule has 1 saturated heterocycles. The first-order valence-electron chi connectivity index (χ1n) is 7.71. The number of benzene rings is 1. The van der Waals surface area contributed by atoms with Crippen LogP contribution in [0.4, 0.5) is 5.69 Å². The number of nitrogens with two attached hydrogens (primary N) is 1. The molecule has 1 atom stereocenters. The molecular formula is C17H22N2OS. The Morgan fingerprint density at radius 1 is 1.43 bits per heavy atom. The van der Waals surface area contributed by atoms with Crippen molar-refractivity contribution < 1.29 is 4.79 Å². The van der Waals surface area contributed by atoms with Crippen LogP contribution in [0.15, 0.2) is 18.2 Å². The Labute approximate surface area is 129 Å². The summed E-state index contributed by atoms with van der Waals surface area (Å²) < 4.78 is 1.10. The lowest BCUT2D eigenvalue weighted by Crippen LogP contribution is -2.43. The summed E-state index contributed by atoms with van der Waals surface area (Å²) >= 11 is 1.53. The Morgan fingerprint density at radius 3 is 3.00 bits per heavy atom. The van der Waals surface area contributed by atoms with Crippen LogP contribution in [-0.2, 0) is 0 Å². The van der Waals surface area contributed by atoms with Crippen LogP contribution in [0.5, 0.6) is 0 Å². The van der Waals surface area contributed by atoms with E-state index in [2.05, 4.69) is 32.0 Å². The summed E-state index contributed by atoms with van der Waals surface area (Å²) in [4.78, 5) is 15.7. The molecule has 1 aliphatic rings. The number of nitrogen functional groups attached to an aromatic ring is 1. The van der Waals surface area contributed by atoms with Gasteiger partial charge in [0.2, 0.25) is 0 Å². The van der Waals surface area contributed by atoms with E-state index in [4.69, 9.17) is 5.73 Å². The average Bonchev–Trinajstić information content (AvgIpc) is 2.83. The Hall–Kier alpha value is -1.55. The molecular weight excluding hydrogens is 280 g/mol. The van der Waals surface area contributed by atoms with Gasteiger partial charge in [-0.1, -0.05) is 18.6 Å². The lowest BCUT2D eigenvalue weighted by atomic mass is 9.99. The maximum absolute atomic E-state index is 12.9. The molecule has 112 valence electrons. The number of hydrogen-bond donors (Lipinski definition) is 1. The number of amides is 1. The largest absolute Gasteiger partial charge is 0.397 e. The molecule has 1 aromatic carbocycles. The summed E-state index contributed by atoms with van der Waals surface area (Å²) in [5.41, 5.74) is 8.10. The molecule has 1 unspecified atom stereocenters. The maximum Gasteiger partial charge on any atom is 0.266 e. The van der Waals surface area contributed by atoms with Crippen molar-refractivity contribution in [1.29, 1.82) is 0 Å². The van der Waals surface area contributed by atoms with Crippen LogP contribution in [0, 0.1) is 6.92 Å². The Kier molecular flexibility index (Phi) is 3.89. The Balaban J connectivity index is 1.99. The van der Waals surface area contributed by atoms with E-state index < -0.39 is 0 Å². The second-order valence-electron chi connectivity index (χ2n) is 5.90. The fourth-order valence-electron chi connectivity index (χ4n) is 3.21. The van der Waals surface area contributed by atoms with Crippen molar-refractivity contribution in [3.05, 3.63) is 28.6 Å². The zero-order valence-electron chi connectivity index (χ0n) is 12.7. The zero-order chi connectivity index (χ0) is 15.0. The summed E-state index contributed by atoms with van der Waals surface area (Å²) in [6.45, 7) is 5.08. The predicted octanol–water partition coefficient (Wildman–Crippen LogP) is 4.20. The van der Waals surface area contributed by atoms with E-state index in [9.17, 15) is 4.79 Å². The number of anilines is 1. The van der Waals surface area contributed by atoms with Gasteiger partial charge >= 0.3 is 0 Å². The molecule has 4 heteroatoms. The van der Waals surface area contributed by atoms with Crippen LogP contribution in [0.2, 0.25) is 0 Å². The summed E-state index contributed by atoms with van der Waals surface area (Å²) in [6.07, 6.45) is 4.47. The minimum absolute atomic E-state index is 0.123. The summed E-state index contributed by atoms with van der Waals surface area (Å²) in [6, 6.07) is 6.58. The molecule has 3 rings (SSSR count). The highest BCUT2D eigenvalue weighted by atomic mass is 32.1. The van der Waals surface area contributed by atoms with E-state index in [1.807, 2.05) is 4.90 Å². The lowest BCUT2D eigenvalue weighted by Gasteiger charge is -2.35. The van der Waals surface area contributed by atoms with Crippen LogP contribution in [0.25, 0.3) is 10.1 Å². The van der Waals surface area contributed by atoms with Crippen molar-refractivity contribution in [3.63, 3.8) is 0 Å². The molecule has 0 bridgehead atoms.